The minimum atomic E-state index is -0.194. The quantitative estimate of drug-likeness (QED) is 0.0454. The van der Waals surface area contributed by atoms with Crippen LogP contribution in [0.25, 0.3) is 10.8 Å². The maximum absolute atomic E-state index is 6.91. The van der Waals surface area contributed by atoms with Gasteiger partial charge in [0.15, 0.2) is 0 Å². The molecule has 2 aromatic carbocycles. The highest BCUT2D eigenvalue weighted by Gasteiger charge is 2.45. The maximum atomic E-state index is 6.91. The summed E-state index contributed by atoms with van der Waals surface area (Å²) in [6, 6.07) is 9.18. The second kappa shape index (κ2) is 32.2. The Bertz CT molecular complexity index is 1610. The third-order valence-electron chi connectivity index (χ3n) is 14.5. The molecule has 0 N–H and O–H groups in total. The van der Waals surface area contributed by atoms with E-state index >= 15 is 0 Å². The van der Waals surface area contributed by atoms with Gasteiger partial charge < -0.3 is 75.8 Å². The van der Waals surface area contributed by atoms with E-state index in [0.717, 1.165) is 128 Å². The summed E-state index contributed by atoms with van der Waals surface area (Å²) in [5.41, 5.74) is 4.88. The van der Waals surface area contributed by atoms with Gasteiger partial charge in [-0.2, -0.15) is 0 Å². The molecular weight excluding hydrogens is 953 g/mol. The lowest BCUT2D eigenvalue weighted by Crippen LogP contribution is -2.16. The Labute approximate surface area is 441 Å². The molecule has 0 aromatic heterocycles. The first-order valence-electron chi connectivity index (χ1n) is 29.2. The van der Waals surface area contributed by atoms with Crippen molar-refractivity contribution in [3.05, 3.63) is 46.5 Å². The van der Waals surface area contributed by atoms with Gasteiger partial charge in [-0.3, -0.25) is 0 Å². The van der Waals surface area contributed by atoms with Crippen LogP contribution >= 0.6 is 0 Å². The van der Waals surface area contributed by atoms with Crippen LogP contribution in [0.4, 0.5) is 0 Å². The molecule has 0 saturated carbocycles. The molecule has 0 spiro atoms. The lowest BCUT2D eigenvalue weighted by atomic mass is 9.99. The molecule has 0 bridgehead atoms. The van der Waals surface area contributed by atoms with Crippen molar-refractivity contribution in [3.8, 4) is 0 Å². The molecule has 12 atom stereocenters. The fourth-order valence-corrected chi connectivity index (χ4v) is 10.4. The molecule has 8 rings (SSSR count). The molecule has 4 heterocycles. The van der Waals surface area contributed by atoms with Gasteiger partial charge in [0.25, 0.3) is 0 Å². The maximum Gasteiger partial charge on any atom is 0.212 e. The minimum Gasteiger partial charge on any atom is -0.370 e. The van der Waals surface area contributed by atoms with Crippen LogP contribution in [0.5, 0.6) is 0 Å². The summed E-state index contributed by atoms with van der Waals surface area (Å²) in [4.78, 5) is 0. The van der Waals surface area contributed by atoms with Crippen LogP contribution in [0.15, 0.2) is 24.3 Å². The van der Waals surface area contributed by atoms with Crippen LogP contribution in [0.2, 0.25) is 0 Å². The molecule has 4 saturated heterocycles. The van der Waals surface area contributed by atoms with Crippen molar-refractivity contribution in [2.45, 2.75) is 231 Å². The van der Waals surface area contributed by atoms with Gasteiger partial charge >= 0.3 is 0 Å². The Hall–Kier alpha value is -1.94. The molecule has 6 aliphatic rings. The lowest BCUT2D eigenvalue weighted by molar-refractivity contribution is -0.0754. The van der Waals surface area contributed by atoms with E-state index in [2.05, 4.69) is 24.3 Å². The average molecular weight is 1050 g/mol. The summed E-state index contributed by atoms with van der Waals surface area (Å²) in [6.07, 6.45) is 19.2. The molecule has 2 aromatic rings. The van der Waals surface area contributed by atoms with E-state index in [9.17, 15) is 0 Å². The second-order valence-electron chi connectivity index (χ2n) is 20.3. The summed E-state index contributed by atoms with van der Waals surface area (Å²) in [5, 5.41) is 2.54. The van der Waals surface area contributed by atoms with Gasteiger partial charge in [-0.15, -0.1) is 0 Å². The van der Waals surface area contributed by atoms with E-state index in [0.29, 0.717) is 79.3 Å². The third-order valence-corrected chi connectivity index (χ3v) is 14.5. The molecule has 16 nitrogen and oxygen atoms in total. The van der Waals surface area contributed by atoms with Gasteiger partial charge in [-0.05, 0) is 112 Å². The standard InChI is InChI=1S/C58H92O16/c1-5-59-51-55(71-51)67-37-25-17-9-13-21-33-63-47-41-29-30-43-46-44(32-31-42(45(41)46)48(47)64-34-22-14-10-18-26-38-68-56-52(72-56)60-6-2)50(66-36-24-16-12-20-28-40-70-58-54(74-58)62-8-4)49(43)65-35-23-15-11-19-27-39-69-57-53(73-57)61-7-3/h29-32,47-58H,5-28,33-40H2,1-4H3. The molecule has 420 valence electrons. The molecule has 0 amide bonds. The molecular formula is C58H92O16. The predicted molar refractivity (Wildman–Crippen MR) is 276 cm³/mol. The molecule has 4 aliphatic heterocycles. The topological polar surface area (TPSA) is 161 Å². The SMILES string of the molecule is CCOC1OC1OCCCCCCCOC1c2ccc3c4c(ccc(c24)C1OCCCCCCCOC1OC1OCC)C(OCCCCCCCOC1OC1OCC)C3OCCCCCCCOC1OC1OCC. The zero-order valence-corrected chi connectivity index (χ0v) is 45.4. The van der Waals surface area contributed by atoms with Gasteiger partial charge in [0.05, 0.1) is 0 Å². The highest BCUT2D eigenvalue weighted by Crippen LogP contribution is 2.56. The van der Waals surface area contributed by atoms with Crippen LogP contribution < -0.4 is 0 Å². The molecule has 0 radical (unpaired) electrons. The van der Waals surface area contributed by atoms with Crippen LogP contribution in [0, 0.1) is 0 Å². The number of hydrogen-bond acceptors (Lipinski definition) is 16. The normalized spacial score (nSPS) is 28.0. The first-order chi connectivity index (χ1) is 36.6. The number of rotatable bonds is 48. The zero-order chi connectivity index (χ0) is 51.2. The number of unbranched alkanes of at least 4 members (excludes halogenated alkanes) is 16. The number of ether oxygens (including phenoxy) is 16. The fraction of sp³-hybridized carbons (Fsp3) is 0.828. The van der Waals surface area contributed by atoms with E-state index in [1.165, 1.54) is 33.0 Å². The molecule has 4 fully saturated rings. The highest BCUT2D eigenvalue weighted by molar-refractivity contribution is 5.98. The summed E-state index contributed by atoms with van der Waals surface area (Å²) >= 11 is 0. The lowest BCUT2D eigenvalue weighted by Gasteiger charge is -2.24. The molecule has 2 aliphatic carbocycles. The number of benzene rings is 2. The van der Waals surface area contributed by atoms with E-state index in [4.69, 9.17) is 75.8 Å². The summed E-state index contributed by atoms with van der Waals surface area (Å²) in [5.74, 6) is 0. The molecule has 74 heavy (non-hydrogen) atoms. The predicted octanol–water partition coefficient (Wildman–Crippen LogP) is 11.8. The fourth-order valence-electron chi connectivity index (χ4n) is 10.4. The Morgan fingerprint density at radius 2 is 0.419 bits per heavy atom. The Morgan fingerprint density at radius 3 is 0.622 bits per heavy atom. The van der Waals surface area contributed by atoms with Crippen molar-refractivity contribution in [1.29, 1.82) is 0 Å². The number of epoxide rings is 4. The van der Waals surface area contributed by atoms with Gasteiger partial charge in [0.2, 0.25) is 50.3 Å². The highest BCUT2D eigenvalue weighted by atomic mass is 16.9. The van der Waals surface area contributed by atoms with E-state index in [1.807, 2.05) is 27.7 Å². The van der Waals surface area contributed by atoms with Gasteiger partial charge in [-0.25, -0.2) is 0 Å². The summed E-state index contributed by atoms with van der Waals surface area (Å²) < 4.78 is 94.2. The first kappa shape index (κ1) is 58.2. The van der Waals surface area contributed by atoms with E-state index < -0.39 is 0 Å². The largest absolute Gasteiger partial charge is 0.370 e. The Kier molecular flexibility index (Phi) is 25.3. The van der Waals surface area contributed by atoms with Crippen LogP contribution in [0.3, 0.4) is 0 Å². The zero-order valence-electron chi connectivity index (χ0n) is 45.4. The van der Waals surface area contributed by atoms with Crippen molar-refractivity contribution in [1.82, 2.24) is 0 Å². The summed E-state index contributed by atoms with van der Waals surface area (Å²) in [6.45, 7) is 15.9. The van der Waals surface area contributed by atoms with E-state index in [1.54, 1.807) is 0 Å². The van der Waals surface area contributed by atoms with Crippen LogP contribution in [0.1, 0.15) is 203 Å². The van der Waals surface area contributed by atoms with Crippen molar-refractivity contribution < 1.29 is 75.8 Å². The molecule has 16 heteroatoms. The Morgan fingerprint density at radius 1 is 0.243 bits per heavy atom. The monoisotopic (exact) mass is 1040 g/mol. The van der Waals surface area contributed by atoms with Crippen LogP contribution in [-0.2, 0) is 75.8 Å². The Balaban J connectivity index is 0.838. The minimum absolute atomic E-state index is 0.178. The van der Waals surface area contributed by atoms with Gasteiger partial charge in [0, 0.05) is 79.3 Å². The first-order valence-corrected chi connectivity index (χ1v) is 29.2. The van der Waals surface area contributed by atoms with Crippen molar-refractivity contribution >= 4 is 10.8 Å². The van der Waals surface area contributed by atoms with Crippen molar-refractivity contribution in [2.75, 3.05) is 79.3 Å². The summed E-state index contributed by atoms with van der Waals surface area (Å²) in [7, 11) is 0. The smallest absolute Gasteiger partial charge is 0.212 e. The van der Waals surface area contributed by atoms with Crippen molar-refractivity contribution in [2.24, 2.45) is 0 Å². The molecule has 12 unspecified atom stereocenters. The van der Waals surface area contributed by atoms with Crippen molar-refractivity contribution in [3.63, 3.8) is 0 Å². The van der Waals surface area contributed by atoms with Gasteiger partial charge in [-0.1, -0.05) is 101 Å². The van der Waals surface area contributed by atoms with E-state index in [-0.39, 0.29) is 74.7 Å². The number of hydrogen-bond donors (Lipinski definition) is 0. The average Bonchev–Trinajstić information content (AvgIpc) is 4.32. The third kappa shape index (κ3) is 18.0. The van der Waals surface area contributed by atoms with Gasteiger partial charge in [0.1, 0.15) is 24.4 Å². The second-order valence-corrected chi connectivity index (χ2v) is 20.3. The van der Waals surface area contributed by atoms with Crippen LogP contribution in [-0.4, -0.2) is 130 Å².